The first kappa shape index (κ1) is 31.7. The van der Waals surface area contributed by atoms with Gasteiger partial charge < -0.3 is 10.6 Å². The first-order valence-electron chi connectivity index (χ1n) is 12.8. The molecule has 0 radical (unpaired) electrons. The van der Waals surface area contributed by atoms with E-state index in [0.717, 1.165) is 5.56 Å². The molecule has 2 N–H and O–H groups in total. The van der Waals surface area contributed by atoms with Crippen LogP contribution < -0.4 is 10.6 Å². The molecule has 0 aliphatic rings. The molecular weight excluding hydrogens is 571 g/mol. The number of amides is 2. The van der Waals surface area contributed by atoms with Gasteiger partial charge in [-0.25, -0.2) is 4.68 Å². The van der Waals surface area contributed by atoms with E-state index in [1.807, 2.05) is 53.7 Å². The minimum atomic E-state index is -0.952. The fourth-order valence-corrected chi connectivity index (χ4v) is 5.13. The van der Waals surface area contributed by atoms with Crippen LogP contribution in [0.3, 0.4) is 0 Å². The Morgan fingerprint density at radius 2 is 1.38 bits per heavy atom. The number of rotatable bonds is 7. The molecule has 2 aromatic carbocycles. The van der Waals surface area contributed by atoms with Crippen molar-refractivity contribution in [1.29, 1.82) is 0 Å². The number of carbonyl (C=O) groups excluding carboxylic acids is 3. The fourth-order valence-electron chi connectivity index (χ4n) is 4.51. The maximum Gasteiger partial charge on any atom is 0.272 e. The Kier molecular flexibility index (Phi) is 9.44. The normalized spacial score (nSPS) is 13.5. The van der Waals surface area contributed by atoms with Crippen molar-refractivity contribution in [2.75, 3.05) is 0 Å². The predicted octanol–water partition coefficient (Wildman–Crippen LogP) is 7.07. The van der Waals surface area contributed by atoms with Gasteiger partial charge in [0.2, 0.25) is 5.91 Å². The number of aromatic nitrogens is 2. The third-order valence-corrected chi connectivity index (χ3v) is 7.35. The third-order valence-electron chi connectivity index (χ3n) is 6.56. The summed E-state index contributed by atoms with van der Waals surface area (Å²) in [6, 6.07) is 10.5. The maximum absolute atomic E-state index is 13.8. The van der Waals surface area contributed by atoms with Crippen LogP contribution in [0.2, 0.25) is 15.1 Å². The third kappa shape index (κ3) is 7.06. The van der Waals surface area contributed by atoms with Crippen LogP contribution in [0.5, 0.6) is 0 Å². The number of ketones is 1. The highest BCUT2D eigenvalue weighted by molar-refractivity contribution is 6.35. The predicted molar refractivity (Wildman–Crippen MR) is 162 cm³/mol. The molecule has 0 fully saturated rings. The number of halogens is 3. The number of nitrogens with one attached hydrogen (secondary N) is 2. The van der Waals surface area contributed by atoms with Crippen LogP contribution in [-0.2, 0) is 9.59 Å². The molecule has 3 aromatic rings. The second-order valence-corrected chi connectivity index (χ2v) is 13.3. The Labute approximate surface area is 250 Å². The van der Waals surface area contributed by atoms with Gasteiger partial charge in [-0.2, -0.15) is 5.10 Å². The van der Waals surface area contributed by atoms with Crippen molar-refractivity contribution < 1.29 is 14.4 Å². The van der Waals surface area contributed by atoms with Gasteiger partial charge in [-0.1, -0.05) is 88.5 Å². The molecule has 2 unspecified atom stereocenters. The minimum absolute atomic E-state index is 0.122. The zero-order chi connectivity index (χ0) is 30.2. The largest absolute Gasteiger partial charge is 0.344 e. The molecule has 0 saturated carbocycles. The van der Waals surface area contributed by atoms with Crippen molar-refractivity contribution in [1.82, 2.24) is 20.4 Å². The lowest BCUT2D eigenvalue weighted by Crippen LogP contribution is -2.58. The monoisotopic (exact) mass is 604 g/mol. The van der Waals surface area contributed by atoms with Gasteiger partial charge in [0.05, 0.1) is 22.4 Å². The summed E-state index contributed by atoms with van der Waals surface area (Å²) in [6.45, 7) is 14.4. The van der Waals surface area contributed by atoms with Crippen LogP contribution in [0, 0.1) is 17.8 Å². The van der Waals surface area contributed by atoms with Crippen molar-refractivity contribution in [3.63, 3.8) is 0 Å². The Morgan fingerprint density at radius 1 is 0.825 bits per heavy atom. The number of nitrogens with zero attached hydrogens (tertiary/aromatic N) is 2. The van der Waals surface area contributed by atoms with Crippen molar-refractivity contribution in [2.45, 2.75) is 67.5 Å². The van der Waals surface area contributed by atoms with E-state index in [2.05, 4.69) is 15.7 Å². The number of hydrogen-bond donors (Lipinski definition) is 2. The summed E-state index contributed by atoms with van der Waals surface area (Å²) >= 11 is 18.8. The van der Waals surface area contributed by atoms with Gasteiger partial charge in [0.1, 0.15) is 6.04 Å². The lowest BCUT2D eigenvalue weighted by Gasteiger charge is -2.35. The molecular formula is C30H35Cl3N4O3. The Balaban J connectivity index is 2.08. The van der Waals surface area contributed by atoms with E-state index in [1.165, 1.54) is 6.92 Å². The lowest BCUT2D eigenvalue weighted by molar-refractivity contribution is -0.131. The highest BCUT2D eigenvalue weighted by atomic mass is 35.5. The number of Topliss-reactive ketones (excluding diaryl/α,β-unsaturated/α-hetero) is 1. The summed E-state index contributed by atoms with van der Waals surface area (Å²) in [6.07, 6.45) is 0. The molecule has 0 saturated heterocycles. The van der Waals surface area contributed by atoms with Crippen LogP contribution in [-0.4, -0.2) is 39.5 Å². The summed E-state index contributed by atoms with van der Waals surface area (Å²) in [5.74, 6) is -1.16. The molecule has 1 aromatic heterocycles. The zero-order valence-electron chi connectivity index (χ0n) is 23.9. The van der Waals surface area contributed by atoms with Crippen LogP contribution in [0.1, 0.15) is 64.5 Å². The highest BCUT2D eigenvalue weighted by Crippen LogP contribution is 2.33. The van der Waals surface area contributed by atoms with Crippen LogP contribution in [0.15, 0.2) is 42.5 Å². The van der Waals surface area contributed by atoms with Gasteiger partial charge in [0.25, 0.3) is 5.91 Å². The molecule has 2 atom stereocenters. The standard InChI is InChI=1S/C30H35Cl3N4O3/c1-16-23(27(39)35-26(30(6,7)8)28(40)34-25(17(2)38)29(3,4)5)36-37(22-14-13-20(32)15-21(22)33)24(16)18-9-11-19(31)12-10-18/h9-15,25-26H,1-8H3,(H,34,40)(H,35,39). The lowest BCUT2D eigenvalue weighted by atomic mass is 9.82. The molecule has 40 heavy (non-hydrogen) atoms. The highest BCUT2D eigenvalue weighted by Gasteiger charge is 2.38. The topological polar surface area (TPSA) is 93.1 Å². The summed E-state index contributed by atoms with van der Waals surface area (Å²) in [7, 11) is 0. The molecule has 214 valence electrons. The Bertz CT molecular complexity index is 1430. The first-order chi connectivity index (χ1) is 18.4. The van der Waals surface area contributed by atoms with E-state index >= 15 is 0 Å². The molecule has 1 heterocycles. The van der Waals surface area contributed by atoms with Gasteiger partial charge in [-0.15, -0.1) is 0 Å². The number of hydrogen-bond acceptors (Lipinski definition) is 4. The first-order valence-corrected chi connectivity index (χ1v) is 14.0. The molecule has 3 rings (SSSR count). The van der Waals surface area contributed by atoms with E-state index in [1.54, 1.807) is 41.9 Å². The summed E-state index contributed by atoms with van der Waals surface area (Å²) in [4.78, 5) is 39.6. The summed E-state index contributed by atoms with van der Waals surface area (Å²) < 4.78 is 1.59. The van der Waals surface area contributed by atoms with E-state index in [9.17, 15) is 14.4 Å². The molecule has 0 aliphatic carbocycles. The molecule has 7 nitrogen and oxygen atoms in total. The van der Waals surface area contributed by atoms with Gasteiger partial charge in [-0.3, -0.25) is 14.4 Å². The zero-order valence-corrected chi connectivity index (χ0v) is 26.2. The maximum atomic E-state index is 13.8. The van der Waals surface area contributed by atoms with Crippen LogP contribution in [0.25, 0.3) is 16.9 Å². The van der Waals surface area contributed by atoms with Crippen LogP contribution in [0.4, 0.5) is 0 Å². The minimum Gasteiger partial charge on any atom is -0.344 e. The quantitative estimate of drug-likeness (QED) is 0.301. The second kappa shape index (κ2) is 11.9. The number of benzene rings is 2. The molecule has 2 amide bonds. The van der Waals surface area contributed by atoms with Crippen molar-refractivity contribution in [3.05, 3.63) is 68.8 Å². The molecule has 0 bridgehead atoms. The summed E-state index contributed by atoms with van der Waals surface area (Å²) in [5, 5.41) is 11.7. The number of carbonyl (C=O) groups is 3. The molecule has 0 spiro atoms. The van der Waals surface area contributed by atoms with Crippen molar-refractivity contribution in [3.8, 4) is 16.9 Å². The fraction of sp³-hybridized carbons (Fsp3) is 0.400. The van der Waals surface area contributed by atoms with Crippen LogP contribution >= 0.6 is 34.8 Å². The SMILES string of the molecule is CC(=O)C(NC(=O)C(NC(=O)c1nn(-c2ccc(Cl)cc2Cl)c(-c2ccc(Cl)cc2)c1C)C(C)(C)C)C(C)(C)C. The average molecular weight is 606 g/mol. The second-order valence-electron chi connectivity index (χ2n) is 12.0. The van der Waals surface area contributed by atoms with Gasteiger partial charge in [-0.05, 0) is 55.0 Å². The van der Waals surface area contributed by atoms with E-state index in [0.29, 0.717) is 32.0 Å². The Hall–Kier alpha value is -2.87. The summed E-state index contributed by atoms with van der Waals surface area (Å²) in [5.41, 5.74) is 1.44. The Morgan fingerprint density at radius 3 is 1.88 bits per heavy atom. The molecule has 10 heteroatoms. The average Bonchev–Trinajstić information content (AvgIpc) is 3.16. The van der Waals surface area contributed by atoms with E-state index in [-0.39, 0.29) is 11.5 Å². The van der Waals surface area contributed by atoms with Gasteiger partial charge in [0, 0.05) is 21.2 Å². The van der Waals surface area contributed by atoms with E-state index < -0.39 is 34.7 Å². The van der Waals surface area contributed by atoms with Gasteiger partial charge in [0.15, 0.2) is 11.5 Å². The van der Waals surface area contributed by atoms with Gasteiger partial charge >= 0.3 is 0 Å². The smallest absolute Gasteiger partial charge is 0.272 e. The molecule has 0 aliphatic heterocycles. The van der Waals surface area contributed by atoms with Crippen molar-refractivity contribution >= 4 is 52.4 Å². The van der Waals surface area contributed by atoms with E-state index in [4.69, 9.17) is 34.8 Å². The van der Waals surface area contributed by atoms with Crippen molar-refractivity contribution in [2.24, 2.45) is 10.8 Å².